The molecule has 1 heterocycles. The molecule has 0 radical (unpaired) electrons. The lowest BCUT2D eigenvalue weighted by atomic mass is 9.93. The van der Waals surface area contributed by atoms with E-state index in [0.717, 1.165) is 24.6 Å². The van der Waals surface area contributed by atoms with Gasteiger partial charge in [-0.25, -0.2) is 0 Å². The van der Waals surface area contributed by atoms with Crippen molar-refractivity contribution < 1.29 is 0 Å². The summed E-state index contributed by atoms with van der Waals surface area (Å²) in [5.74, 6) is 0.953. The van der Waals surface area contributed by atoms with Crippen LogP contribution in [0.1, 0.15) is 50.1 Å². The third kappa shape index (κ3) is 3.99. The van der Waals surface area contributed by atoms with Gasteiger partial charge >= 0.3 is 0 Å². The molecule has 21 heavy (non-hydrogen) atoms. The van der Waals surface area contributed by atoms with E-state index in [1.54, 1.807) is 0 Å². The Bertz CT molecular complexity index is 499. The summed E-state index contributed by atoms with van der Waals surface area (Å²) < 4.78 is 1.96. The molecular weight excluding hydrogens is 262 g/mol. The van der Waals surface area contributed by atoms with Crippen molar-refractivity contribution >= 4 is 5.96 Å². The molecule has 118 valence electrons. The number of nitrogens with zero attached hydrogens (tertiary/aromatic N) is 3. The van der Waals surface area contributed by atoms with E-state index in [0.29, 0.717) is 12.1 Å². The molecule has 1 aliphatic rings. The van der Waals surface area contributed by atoms with Gasteiger partial charge in [0.05, 0.1) is 5.69 Å². The predicted molar refractivity (Wildman–Crippen MR) is 87.7 cm³/mol. The molecule has 5 nitrogen and oxygen atoms in total. The molecular formula is C16H29N5. The summed E-state index contributed by atoms with van der Waals surface area (Å²) in [7, 11) is 2.01. The zero-order valence-electron chi connectivity index (χ0n) is 14.0. The molecule has 0 saturated heterocycles. The molecule has 0 bridgehead atoms. The first kappa shape index (κ1) is 15.9. The predicted octanol–water partition coefficient (Wildman–Crippen LogP) is 2.08. The van der Waals surface area contributed by atoms with Gasteiger partial charge in [0.25, 0.3) is 0 Å². The lowest BCUT2D eigenvalue weighted by Gasteiger charge is -2.29. The summed E-state index contributed by atoms with van der Waals surface area (Å²) in [6.45, 7) is 9.31. The van der Waals surface area contributed by atoms with Gasteiger partial charge < -0.3 is 10.6 Å². The summed E-state index contributed by atoms with van der Waals surface area (Å²) in [5, 5.41) is 11.5. The number of hydrogen-bond donors (Lipinski definition) is 2. The highest BCUT2D eigenvalue weighted by Crippen LogP contribution is 2.18. The Morgan fingerprint density at radius 1 is 1.43 bits per heavy atom. The van der Waals surface area contributed by atoms with E-state index in [-0.39, 0.29) is 0 Å². The van der Waals surface area contributed by atoms with Gasteiger partial charge in [0.1, 0.15) is 0 Å². The maximum Gasteiger partial charge on any atom is 0.191 e. The second-order valence-corrected chi connectivity index (χ2v) is 6.12. The molecule has 0 spiro atoms. The average molecular weight is 291 g/mol. The molecule has 1 aliphatic carbocycles. The molecule has 0 amide bonds. The molecule has 5 heteroatoms. The molecule has 1 unspecified atom stereocenters. The lowest BCUT2D eigenvalue weighted by molar-refractivity contribution is 0.378. The maximum absolute atomic E-state index is 4.55. The minimum absolute atomic E-state index is 0.337. The maximum atomic E-state index is 4.55. The Hall–Kier alpha value is -1.52. The highest BCUT2D eigenvalue weighted by molar-refractivity contribution is 5.80. The fourth-order valence-electron chi connectivity index (χ4n) is 2.74. The molecule has 0 aliphatic heterocycles. The Morgan fingerprint density at radius 2 is 2.14 bits per heavy atom. The van der Waals surface area contributed by atoms with Crippen LogP contribution in [-0.2, 0) is 13.5 Å². The van der Waals surface area contributed by atoms with E-state index in [2.05, 4.69) is 48.4 Å². The van der Waals surface area contributed by atoms with Crippen molar-refractivity contribution in [1.29, 1.82) is 0 Å². The van der Waals surface area contributed by atoms with E-state index in [4.69, 9.17) is 0 Å². The van der Waals surface area contributed by atoms with Crippen molar-refractivity contribution in [2.75, 3.05) is 6.54 Å². The Balaban J connectivity index is 1.95. The Morgan fingerprint density at radius 3 is 2.62 bits per heavy atom. The fourth-order valence-corrected chi connectivity index (χ4v) is 2.74. The second kappa shape index (κ2) is 6.96. The smallest absolute Gasteiger partial charge is 0.191 e. The largest absolute Gasteiger partial charge is 0.354 e. The molecule has 1 aromatic rings. The van der Waals surface area contributed by atoms with Gasteiger partial charge in [-0.3, -0.25) is 9.67 Å². The van der Waals surface area contributed by atoms with Crippen molar-refractivity contribution in [2.24, 2.45) is 12.0 Å². The number of guanidine groups is 1. The number of aryl methyl sites for hydroxylation is 2. The summed E-state index contributed by atoms with van der Waals surface area (Å²) >= 11 is 0. The van der Waals surface area contributed by atoms with E-state index < -0.39 is 0 Å². The number of hydrogen-bond acceptors (Lipinski definition) is 2. The van der Waals surface area contributed by atoms with Crippen molar-refractivity contribution in [3.63, 3.8) is 0 Å². The summed E-state index contributed by atoms with van der Waals surface area (Å²) in [5.41, 5.74) is 3.73. The molecule has 1 aromatic heterocycles. The van der Waals surface area contributed by atoms with Crippen LogP contribution in [0.4, 0.5) is 0 Å². The molecule has 2 rings (SSSR count). The number of rotatable bonds is 5. The quantitative estimate of drug-likeness (QED) is 0.645. The highest BCUT2D eigenvalue weighted by atomic mass is 15.3. The van der Waals surface area contributed by atoms with E-state index in [9.17, 15) is 0 Å². The second-order valence-electron chi connectivity index (χ2n) is 6.12. The number of aliphatic imine (C=N–C) groups is 1. The normalized spacial score (nSPS) is 17.5. The van der Waals surface area contributed by atoms with Crippen LogP contribution in [0.2, 0.25) is 0 Å². The monoisotopic (exact) mass is 291 g/mol. The van der Waals surface area contributed by atoms with Crippen molar-refractivity contribution in [3.8, 4) is 0 Å². The molecule has 1 saturated carbocycles. The van der Waals surface area contributed by atoms with Crippen molar-refractivity contribution in [3.05, 3.63) is 17.0 Å². The van der Waals surface area contributed by atoms with Crippen LogP contribution >= 0.6 is 0 Å². The first-order valence-electron chi connectivity index (χ1n) is 8.07. The van der Waals surface area contributed by atoms with Crippen LogP contribution < -0.4 is 10.6 Å². The van der Waals surface area contributed by atoms with Gasteiger partial charge in [-0.1, -0.05) is 0 Å². The summed E-state index contributed by atoms with van der Waals surface area (Å²) in [6.07, 6.45) is 4.83. The molecule has 1 fully saturated rings. The number of nitrogens with one attached hydrogen (secondary N) is 2. The SMILES string of the molecule is CCN=C(NC(C)Cc1c(C)nn(C)c1C)NC1CCC1. The van der Waals surface area contributed by atoms with Crippen LogP contribution in [0.3, 0.4) is 0 Å². The van der Waals surface area contributed by atoms with E-state index in [1.165, 1.54) is 30.5 Å². The minimum atomic E-state index is 0.337. The van der Waals surface area contributed by atoms with Crippen LogP contribution in [0, 0.1) is 13.8 Å². The number of aromatic nitrogens is 2. The van der Waals surface area contributed by atoms with Crippen molar-refractivity contribution in [2.45, 2.75) is 65.5 Å². The Kier molecular flexibility index (Phi) is 5.26. The first-order valence-corrected chi connectivity index (χ1v) is 8.07. The third-order valence-corrected chi connectivity index (χ3v) is 4.31. The van der Waals surface area contributed by atoms with E-state index in [1.807, 2.05) is 11.7 Å². The van der Waals surface area contributed by atoms with Gasteiger partial charge in [0, 0.05) is 31.4 Å². The zero-order valence-corrected chi connectivity index (χ0v) is 14.0. The van der Waals surface area contributed by atoms with Crippen LogP contribution in [0.5, 0.6) is 0 Å². The van der Waals surface area contributed by atoms with E-state index >= 15 is 0 Å². The van der Waals surface area contributed by atoms with Crippen LogP contribution in [0.25, 0.3) is 0 Å². The van der Waals surface area contributed by atoms with Gasteiger partial charge in [-0.2, -0.15) is 5.10 Å². The topological polar surface area (TPSA) is 54.2 Å². The highest BCUT2D eigenvalue weighted by Gasteiger charge is 2.20. The van der Waals surface area contributed by atoms with Crippen LogP contribution in [0.15, 0.2) is 4.99 Å². The van der Waals surface area contributed by atoms with Gasteiger partial charge in [0.2, 0.25) is 0 Å². The molecule has 1 atom stereocenters. The molecule has 2 N–H and O–H groups in total. The molecule has 0 aromatic carbocycles. The zero-order chi connectivity index (χ0) is 15.4. The van der Waals surface area contributed by atoms with Crippen molar-refractivity contribution in [1.82, 2.24) is 20.4 Å². The lowest BCUT2D eigenvalue weighted by Crippen LogP contribution is -2.49. The summed E-state index contributed by atoms with van der Waals surface area (Å²) in [4.78, 5) is 4.55. The average Bonchev–Trinajstić information content (AvgIpc) is 2.61. The van der Waals surface area contributed by atoms with Gasteiger partial charge in [-0.05, 0) is 58.9 Å². The van der Waals surface area contributed by atoms with Gasteiger partial charge in [0.15, 0.2) is 5.96 Å². The third-order valence-electron chi connectivity index (χ3n) is 4.31. The summed E-state index contributed by atoms with van der Waals surface area (Å²) in [6, 6.07) is 0.946. The van der Waals surface area contributed by atoms with Crippen LogP contribution in [-0.4, -0.2) is 34.4 Å². The fraction of sp³-hybridized carbons (Fsp3) is 0.750. The minimum Gasteiger partial charge on any atom is -0.354 e. The first-order chi connectivity index (χ1) is 10.0. The Labute approximate surface area is 128 Å². The standard InChI is InChI=1S/C16H29N5/c1-6-17-16(19-14-8-7-9-14)18-11(2)10-15-12(3)20-21(5)13(15)4/h11,14H,6-10H2,1-5H3,(H2,17,18,19). The van der Waals surface area contributed by atoms with Gasteiger partial charge in [-0.15, -0.1) is 0 Å².